The predicted octanol–water partition coefficient (Wildman–Crippen LogP) is 2.87. The molecule has 1 fully saturated rings. The van der Waals surface area contributed by atoms with Crippen LogP contribution in [0.3, 0.4) is 0 Å². The highest BCUT2D eigenvalue weighted by molar-refractivity contribution is 5.98. The van der Waals surface area contributed by atoms with Gasteiger partial charge in [-0.05, 0) is 31.0 Å². The van der Waals surface area contributed by atoms with E-state index < -0.39 is 0 Å². The molecule has 138 valence electrons. The van der Waals surface area contributed by atoms with E-state index in [9.17, 15) is 10.1 Å². The number of rotatable bonds is 5. The zero-order valence-electron chi connectivity index (χ0n) is 15.2. The predicted molar refractivity (Wildman–Crippen MR) is 99.2 cm³/mol. The van der Waals surface area contributed by atoms with Crippen molar-refractivity contribution < 1.29 is 9.53 Å². The van der Waals surface area contributed by atoms with Gasteiger partial charge in [-0.15, -0.1) is 0 Å². The Kier molecular flexibility index (Phi) is 4.63. The van der Waals surface area contributed by atoms with Crippen molar-refractivity contribution in [3.05, 3.63) is 46.8 Å². The summed E-state index contributed by atoms with van der Waals surface area (Å²) in [6.45, 7) is 0.924. The lowest BCUT2D eigenvalue weighted by atomic mass is 10.1. The number of nitriles is 1. The van der Waals surface area contributed by atoms with Crippen LogP contribution in [0.15, 0.2) is 24.4 Å². The third-order valence-electron chi connectivity index (χ3n) is 5.29. The van der Waals surface area contributed by atoms with E-state index in [1.807, 2.05) is 11.0 Å². The first-order valence-corrected chi connectivity index (χ1v) is 9.18. The number of anilines is 1. The molecular formula is C20H21N5O2. The maximum Gasteiger partial charge on any atom is 0.256 e. The molecule has 0 unspecified atom stereocenters. The number of carbonyl (C=O) groups is 1. The van der Waals surface area contributed by atoms with Crippen LogP contribution >= 0.6 is 0 Å². The van der Waals surface area contributed by atoms with Gasteiger partial charge in [0.1, 0.15) is 11.9 Å². The van der Waals surface area contributed by atoms with Crippen molar-refractivity contribution >= 4 is 11.7 Å². The summed E-state index contributed by atoms with van der Waals surface area (Å²) in [6.07, 6.45) is 6.14. The summed E-state index contributed by atoms with van der Waals surface area (Å²) in [4.78, 5) is 23.6. The number of hydrogen-bond acceptors (Lipinski definition) is 6. The van der Waals surface area contributed by atoms with Gasteiger partial charge in [0.05, 0.1) is 30.5 Å². The van der Waals surface area contributed by atoms with Crippen LogP contribution in [0.2, 0.25) is 0 Å². The summed E-state index contributed by atoms with van der Waals surface area (Å²) in [5, 5.41) is 12.3. The highest BCUT2D eigenvalue weighted by Gasteiger charge is 2.35. The molecule has 7 nitrogen and oxygen atoms in total. The molecule has 2 aliphatic rings. The molecule has 0 radical (unpaired) electrons. The SMILES string of the molecule is COc1nc2c(cc1CNc1ncccc1C#N)C(=O)N(C1CCCC1)C2. The largest absolute Gasteiger partial charge is 0.481 e. The van der Waals surface area contributed by atoms with E-state index >= 15 is 0 Å². The molecule has 0 aromatic carbocycles. The Labute approximate surface area is 158 Å². The monoisotopic (exact) mass is 363 g/mol. The molecule has 1 N–H and O–H groups in total. The van der Waals surface area contributed by atoms with E-state index in [4.69, 9.17) is 4.74 Å². The number of nitrogens with zero attached hydrogens (tertiary/aromatic N) is 4. The Morgan fingerprint density at radius 1 is 1.41 bits per heavy atom. The van der Waals surface area contributed by atoms with Crippen molar-refractivity contribution in [3.63, 3.8) is 0 Å². The number of pyridine rings is 2. The third kappa shape index (κ3) is 3.19. The van der Waals surface area contributed by atoms with Crippen molar-refractivity contribution in [2.24, 2.45) is 0 Å². The van der Waals surface area contributed by atoms with Gasteiger partial charge in [0.15, 0.2) is 0 Å². The van der Waals surface area contributed by atoms with Gasteiger partial charge in [-0.1, -0.05) is 12.8 Å². The molecule has 1 saturated carbocycles. The smallest absolute Gasteiger partial charge is 0.256 e. The number of hydrogen-bond donors (Lipinski definition) is 1. The second kappa shape index (κ2) is 7.23. The minimum atomic E-state index is 0.0591. The lowest BCUT2D eigenvalue weighted by Crippen LogP contribution is -2.33. The van der Waals surface area contributed by atoms with Gasteiger partial charge in [0, 0.05) is 24.3 Å². The molecule has 27 heavy (non-hydrogen) atoms. The van der Waals surface area contributed by atoms with Crippen molar-refractivity contribution in [1.82, 2.24) is 14.9 Å². The van der Waals surface area contributed by atoms with Crippen LogP contribution in [0.5, 0.6) is 5.88 Å². The molecule has 7 heteroatoms. The first-order valence-electron chi connectivity index (χ1n) is 9.18. The van der Waals surface area contributed by atoms with Crippen LogP contribution in [-0.4, -0.2) is 33.9 Å². The normalized spacial score (nSPS) is 16.3. The van der Waals surface area contributed by atoms with E-state index in [0.717, 1.165) is 24.1 Å². The van der Waals surface area contributed by atoms with Crippen LogP contribution in [0.1, 0.15) is 52.9 Å². The maximum absolute atomic E-state index is 12.9. The molecule has 2 aromatic rings. The maximum atomic E-state index is 12.9. The second-order valence-corrected chi connectivity index (χ2v) is 6.89. The van der Waals surface area contributed by atoms with Crippen LogP contribution in [0.4, 0.5) is 5.82 Å². The Bertz CT molecular complexity index is 915. The van der Waals surface area contributed by atoms with Crippen LogP contribution in [0, 0.1) is 11.3 Å². The van der Waals surface area contributed by atoms with E-state index in [2.05, 4.69) is 21.4 Å². The Balaban J connectivity index is 1.58. The molecule has 2 aromatic heterocycles. The molecule has 3 heterocycles. The summed E-state index contributed by atoms with van der Waals surface area (Å²) in [7, 11) is 1.57. The molecule has 0 saturated heterocycles. The van der Waals surface area contributed by atoms with Gasteiger partial charge in [0.2, 0.25) is 5.88 Å². The highest BCUT2D eigenvalue weighted by Crippen LogP contribution is 2.33. The number of nitrogens with one attached hydrogen (secondary N) is 1. The molecule has 0 atom stereocenters. The Morgan fingerprint density at radius 2 is 2.22 bits per heavy atom. The second-order valence-electron chi connectivity index (χ2n) is 6.89. The van der Waals surface area contributed by atoms with Crippen LogP contribution < -0.4 is 10.1 Å². The molecule has 1 aliphatic heterocycles. The van der Waals surface area contributed by atoms with Gasteiger partial charge < -0.3 is 15.0 Å². The fraction of sp³-hybridized carbons (Fsp3) is 0.400. The molecule has 4 rings (SSSR count). The minimum Gasteiger partial charge on any atom is -0.481 e. The van der Waals surface area contributed by atoms with Crippen molar-refractivity contribution in [2.75, 3.05) is 12.4 Å². The van der Waals surface area contributed by atoms with E-state index in [-0.39, 0.29) is 5.91 Å². The first kappa shape index (κ1) is 17.3. The summed E-state index contributed by atoms with van der Waals surface area (Å²) in [5.74, 6) is 1.06. The standard InChI is InChI=1S/C20H21N5O2/c1-27-19-14(11-23-18-13(10-21)5-4-8-22-18)9-16-17(24-19)12-25(20(16)26)15-6-2-3-7-15/h4-5,8-9,15H,2-3,6-7,11-12H2,1H3,(H,22,23). The average Bonchev–Trinajstić information content (AvgIpc) is 3.34. The average molecular weight is 363 g/mol. The Hall–Kier alpha value is -3.14. The first-order chi connectivity index (χ1) is 13.2. The fourth-order valence-corrected chi connectivity index (χ4v) is 3.90. The zero-order valence-corrected chi connectivity index (χ0v) is 15.2. The highest BCUT2D eigenvalue weighted by atomic mass is 16.5. The molecule has 1 aliphatic carbocycles. The summed E-state index contributed by atoms with van der Waals surface area (Å²) in [5.41, 5.74) is 2.67. The van der Waals surface area contributed by atoms with Crippen LogP contribution in [-0.2, 0) is 13.1 Å². The van der Waals surface area contributed by atoms with Gasteiger partial charge in [-0.25, -0.2) is 9.97 Å². The van der Waals surface area contributed by atoms with E-state index in [1.165, 1.54) is 12.8 Å². The number of methoxy groups -OCH3 is 1. The van der Waals surface area contributed by atoms with Gasteiger partial charge in [0.25, 0.3) is 5.91 Å². The lowest BCUT2D eigenvalue weighted by molar-refractivity contribution is 0.0706. The van der Waals surface area contributed by atoms with Crippen molar-refractivity contribution in [1.29, 1.82) is 5.26 Å². The Morgan fingerprint density at radius 3 is 2.96 bits per heavy atom. The van der Waals surface area contributed by atoms with E-state index in [0.29, 0.717) is 42.0 Å². The summed E-state index contributed by atoms with van der Waals surface area (Å²) >= 11 is 0. The number of ether oxygens (including phenoxy) is 1. The lowest BCUT2D eigenvalue weighted by Gasteiger charge is -2.22. The number of aromatic nitrogens is 2. The topological polar surface area (TPSA) is 91.1 Å². The van der Waals surface area contributed by atoms with Gasteiger partial charge in [-0.3, -0.25) is 4.79 Å². The van der Waals surface area contributed by atoms with Crippen molar-refractivity contribution in [3.8, 4) is 11.9 Å². The van der Waals surface area contributed by atoms with E-state index in [1.54, 1.807) is 25.4 Å². The fourth-order valence-electron chi connectivity index (χ4n) is 3.90. The minimum absolute atomic E-state index is 0.0591. The van der Waals surface area contributed by atoms with Crippen LogP contribution in [0.25, 0.3) is 0 Å². The molecule has 0 spiro atoms. The summed E-state index contributed by atoms with van der Waals surface area (Å²) in [6, 6.07) is 7.72. The zero-order chi connectivity index (χ0) is 18.8. The summed E-state index contributed by atoms with van der Waals surface area (Å²) < 4.78 is 5.45. The molecule has 0 bridgehead atoms. The molecule has 1 amide bonds. The van der Waals surface area contributed by atoms with Gasteiger partial charge >= 0.3 is 0 Å². The third-order valence-corrected chi connectivity index (χ3v) is 5.29. The number of carbonyl (C=O) groups excluding carboxylic acids is 1. The van der Waals surface area contributed by atoms with Crippen molar-refractivity contribution in [2.45, 2.75) is 44.8 Å². The number of amides is 1. The molecular weight excluding hydrogens is 342 g/mol. The van der Waals surface area contributed by atoms with Gasteiger partial charge in [-0.2, -0.15) is 5.26 Å². The quantitative estimate of drug-likeness (QED) is 0.878. The number of fused-ring (bicyclic) bond motifs is 1.